The fourth-order valence-corrected chi connectivity index (χ4v) is 6.92. The molecule has 0 radical (unpaired) electrons. The van der Waals surface area contributed by atoms with Crippen LogP contribution >= 0.6 is 23.5 Å². The Bertz CT molecular complexity index is 624. The third kappa shape index (κ3) is 20.6. The quantitative estimate of drug-likeness (QED) is 0.281. The average molecular weight is 569 g/mol. The van der Waals surface area contributed by atoms with Crippen molar-refractivity contribution in [1.29, 1.82) is 0 Å². The van der Waals surface area contributed by atoms with Crippen LogP contribution in [0, 0.1) is 0 Å². The number of hydrogen-bond acceptors (Lipinski definition) is 10. The van der Waals surface area contributed by atoms with Crippen LogP contribution in [0.1, 0.15) is 104 Å². The Morgan fingerprint density at radius 1 is 0.649 bits per heavy atom. The van der Waals surface area contributed by atoms with Gasteiger partial charge in [-0.05, 0) is 69.2 Å². The van der Waals surface area contributed by atoms with Gasteiger partial charge < -0.3 is 23.7 Å². The molecule has 0 amide bonds. The minimum atomic E-state index is -0.397. The highest BCUT2D eigenvalue weighted by Gasteiger charge is 2.36. The lowest BCUT2D eigenvalue weighted by Gasteiger charge is -2.18. The van der Waals surface area contributed by atoms with E-state index in [4.69, 9.17) is 18.9 Å². The number of ether oxygens (including phenoxy) is 5. The molecule has 0 aromatic carbocycles. The lowest BCUT2D eigenvalue weighted by molar-refractivity contribution is -0.162. The number of hydrogen-bond donors (Lipinski definition) is 0. The van der Waals surface area contributed by atoms with E-state index in [0.29, 0.717) is 4.08 Å². The van der Waals surface area contributed by atoms with Crippen LogP contribution in [0.3, 0.4) is 0 Å². The molecule has 2 saturated heterocycles. The molecule has 2 aliphatic heterocycles. The molecular formula is C27H52O8S2. The maximum absolute atomic E-state index is 10.5. The van der Waals surface area contributed by atoms with Gasteiger partial charge in [0.05, 0.1) is 22.4 Å². The summed E-state index contributed by atoms with van der Waals surface area (Å²) in [7, 11) is 0. The van der Waals surface area contributed by atoms with Crippen molar-refractivity contribution in [3.05, 3.63) is 0 Å². The molecule has 10 heteroatoms. The highest BCUT2D eigenvalue weighted by atomic mass is 32.2. The number of rotatable bonds is 4. The maximum Gasteiger partial charge on any atom is 0.303 e. The van der Waals surface area contributed by atoms with Gasteiger partial charge in [-0.25, -0.2) is 0 Å². The van der Waals surface area contributed by atoms with Crippen molar-refractivity contribution in [2.75, 3.05) is 0 Å². The zero-order valence-electron chi connectivity index (χ0n) is 25.6. The van der Waals surface area contributed by atoms with Crippen molar-refractivity contribution in [2.45, 2.75) is 155 Å². The van der Waals surface area contributed by atoms with Gasteiger partial charge in [-0.15, -0.1) is 23.5 Å². The van der Waals surface area contributed by atoms with Gasteiger partial charge in [0.1, 0.15) is 12.2 Å². The highest BCUT2D eigenvalue weighted by molar-refractivity contribution is 8.21. The van der Waals surface area contributed by atoms with Crippen LogP contribution in [0.15, 0.2) is 0 Å². The van der Waals surface area contributed by atoms with Crippen LogP contribution in [0.25, 0.3) is 0 Å². The summed E-state index contributed by atoms with van der Waals surface area (Å²) in [6.07, 6.45) is -0.296. The molecule has 6 atom stereocenters. The summed E-state index contributed by atoms with van der Waals surface area (Å²) >= 11 is 4.19. The molecule has 6 unspecified atom stereocenters. The molecule has 2 aliphatic rings. The molecule has 0 aromatic heterocycles. The van der Waals surface area contributed by atoms with Gasteiger partial charge in [0, 0.05) is 31.3 Å². The van der Waals surface area contributed by atoms with E-state index in [2.05, 4.69) is 56.0 Å². The Balaban J connectivity index is 0. The van der Waals surface area contributed by atoms with Crippen LogP contribution in [-0.2, 0) is 38.1 Å². The summed E-state index contributed by atoms with van der Waals surface area (Å²) in [6, 6.07) is 0. The van der Waals surface area contributed by atoms with Crippen molar-refractivity contribution in [1.82, 2.24) is 0 Å². The van der Waals surface area contributed by atoms with Crippen LogP contribution < -0.4 is 0 Å². The first-order chi connectivity index (χ1) is 16.6. The highest BCUT2D eigenvalue weighted by Crippen LogP contribution is 2.51. The molecule has 2 heterocycles. The van der Waals surface area contributed by atoms with E-state index in [0.717, 1.165) is 10.5 Å². The molecule has 0 bridgehead atoms. The molecular weight excluding hydrogens is 516 g/mol. The van der Waals surface area contributed by atoms with Gasteiger partial charge in [0.25, 0.3) is 0 Å². The largest absolute Gasteiger partial charge is 0.463 e. The van der Waals surface area contributed by atoms with Crippen LogP contribution in [0.4, 0.5) is 0 Å². The summed E-state index contributed by atoms with van der Waals surface area (Å²) in [6.45, 7) is 28.2. The third-order valence-electron chi connectivity index (χ3n) is 4.97. The fraction of sp³-hybridized carbons (Fsp3) is 0.889. The first kappa shape index (κ1) is 38.2. The van der Waals surface area contributed by atoms with Crippen LogP contribution in [-0.4, -0.2) is 68.8 Å². The van der Waals surface area contributed by atoms with E-state index in [1.165, 1.54) is 20.8 Å². The Morgan fingerprint density at radius 2 is 0.946 bits per heavy atom. The number of esters is 3. The third-order valence-corrected chi connectivity index (χ3v) is 8.41. The van der Waals surface area contributed by atoms with Crippen molar-refractivity contribution in [3.63, 3.8) is 0 Å². The van der Waals surface area contributed by atoms with E-state index in [1.54, 1.807) is 13.8 Å². The van der Waals surface area contributed by atoms with E-state index in [9.17, 15) is 14.4 Å². The SMILES string of the molecule is CC(=O)OC(C)C.CC(=O)OC(C)C(C)OC(C)=O.CC1OC(C)(C)OC1C.CC1SC(C)(C)SC1C. The predicted octanol–water partition coefficient (Wildman–Crippen LogP) is 6.37. The van der Waals surface area contributed by atoms with E-state index in [1.807, 2.05) is 41.5 Å². The smallest absolute Gasteiger partial charge is 0.303 e. The van der Waals surface area contributed by atoms with Gasteiger partial charge in [0.15, 0.2) is 5.79 Å². The summed E-state index contributed by atoms with van der Waals surface area (Å²) in [5.41, 5.74) is 0. The monoisotopic (exact) mass is 568 g/mol. The van der Waals surface area contributed by atoms with E-state index >= 15 is 0 Å². The topological polar surface area (TPSA) is 97.4 Å². The second-order valence-electron chi connectivity index (χ2n) is 10.4. The minimum absolute atomic E-state index is 0.0255. The molecule has 2 fully saturated rings. The average Bonchev–Trinajstić information content (AvgIpc) is 3.04. The van der Waals surface area contributed by atoms with Crippen LogP contribution in [0.2, 0.25) is 0 Å². The van der Waals surface area contributed by atoms with Gasteiger partial charge >= 0.3 is 17.9 Å². The molecule has 0 saturated carbocycles. The standard InChI is InChI=1S/C8H14O4.C7H14O2.C7H14S2.C5H10O2/c1-5(11-7(3)9)6(2)12-8(4)10;2*1-5-6(2)9-7(3,4)8-5;1-4(2)7-5(3)6/h5-6H,1-4H3;2*5-6H,1-4H3;4H,1-3H3. The first-order valence-electron chi connectivity index (χ1n) is 12.8. The molecule has 37 heavy (non-hydrogen) atoms. The molecule has 0 aromatic rings. The molecule has 0 aliphatic carbocycles. The maximum atomic E-state index is 10.5. The lowest BCUT2D eigenvalue weighted by Crippen LogP contribution is -2.29. The van der Waals surface area contributed by atoms with E-state index in [-0.39, 0.29) is 42.0 Å². The molecule has 0 spiro atoms. The lowest BCUT2D eigenvalue weighted by atomic mass is 10.2. The Hall–Kier alpha value is -0.970. The summed E-state index contributed by atoms with van der Waals surface area (Å²) < 4.78 is 25.6. The summed E-state index contributed by atoms with van der Waals surface area (Å²) in [5.74, 6) is -1.32. The van der Waals surface area contributed by atoms with E-state index < -0.39 is 12.2 Å². The number of carbonyl (C=O) groups is 3. The molecule has 2 rings (SSSR count). The van der Waals surface area contributed by atoms with Gasteiger partial charge in [0.2, 0.25) is 0 Å². The normalized spacial score (nSPS) is 26.6. The molecule has 0 N–H and O–H groups in total. The zero-order valence-corrected chi connectivity index (χ0v) is 27.3. The summed E-state index contributed by atoms with van der Waals surface area (Å²) in [4.78, 5) is 31.0. The van der Waals surface area contributed by atoms with Crippen LogP contribution in [0.5, 0.6) is 0 Å². The van der Waals surface area contributed by atoms with Crippen molar-refractivity contribution in [3.8, 4) is 0 Å². The Labute approximate surface area is 234 Å². The Morgan fingerprint density at radius 3 is 1.05 bits per heavy atom. The number of carbonyl (C=O) groups excluding carboxylic acids is 3. The number of thioether (sulfide) groups is 2. The van der Waals surface area contributed by atoms with Gasteiger partial charge in [-0.2, -0.15) is 0 Å². The second-order valence-corrected chi connectivity index (χ2v) is 14.6. The molecule has 8 nitrogen and oxygen atoms in total. The van der Waals surface area contributed by atoms with Crippen molar-refractivity contribution in [2.24, 2.45) is 0 Å². The Kier molecular flexibility index (Phi) is 18.1. The fourth-order valence-electron chi connectivity index (χ4n) is 3.28. The van der Waals surface area contributed by atoms with Crippen molar-refractivity contribution >= 4 is 41.4 Å². The molecule has 220 valence electrons. The van der Waals surface area contributed by atoms with Gasteiger partial charge in [-0.1, -0.05) is 13.8 Å². The first-order valence-corrected chi connectivity index (χ1v) is 14.6. The minimum Gasteiger partial charge on any atom is -0.463 e. The summed E-state index contributed by atoms with van der Waals surface area (Å²) in [5, 5.41) is 1.68. The zero-order chi connectivity index (χ0) is 29.7. The van der Waals surface area contributed by atoms with Crippen molar-refractivity contribution < 1.29 is 38.1 Å². The second kappa shape index (κ2) is 17.6. The van der Waals surface area contributed by atoms with Gasteiger partial charge in [-0.3, -0.25) is 14.4 Å². The predicted molar refractivity (Wildman–Crippen MR) is 153 cm³/mol.